The van der Waals surface area contributed by atoms with E-state index in [-0.39, 0.29) is 24.1 Å². The smallest absolute Gasteiger partial charge is 0.324 e. The minimum Gasteiger partial charge on any atom is -0.463 e. The number of anilines is 1. The van der Waals surface area contributed by atoms with Crippen molar-refractivity contribution in [3.63, 3.8) is 0 Å². The summed E-state index contributed by atoms with van der Waals surface area (Å²) in [5, 5.41) is 0. The maximum atomic E-state index is 5.62. The fraction of sp³-hybridized carbons (Fsp3) is 0.750. The van der Waals surface area contributed by atoms with Crippen LogP contribution in [0.25, 0.3) is 0 Å². The van der Waals surface area contributed by atoms with Gasteiger partial charge in [0.25, 0.3) is 0 Å². The second-order valence-electron chi connectivity index (χ2n) is 5.00. The first-order valence-corrected chi connectivity index (χ1v) is 6.69. The van der Waals surface area contributed by atoms with E-state index in [0.29, 0.717) is 12.5 Å². The lowest BCUT2D eigenvalue weighted by Gasteiger charge is -2.12. The van der Waals surface area contributed by atoms with Crippen LogP contribution in [0.2, 0.25) is 0 Å². The summed E-state index contributed by atoms with van der Waals surface area (Å²) in [5.41, 5.74) is 2.39. The summed E-state index contributed by atoms with van der Waals surface area (Å²) < 4.78 is 11.0. The lowest BCUT2D eigenvalue weighted by molar-refractivity contribution is 0.203. The van der Waals surface area contributed by atoms with Crippen LogP contribution in [0.5, 0.6) is 12.0 Å². The number of hydrazine groups is 1. The zero-order valence-electron chi connectivity index (χ0n) is 11.4. The lowest BCUT2D eigenvalue weighted by atomic mass is 10.1. The molecule has 7 heteroatoms. The second kappa shape index (κ2) is 6.51. The Morgan fingerprint density at radius 1 is 1.21 bits per heavy atom. The molecule has 0 atom stereocenters. The van der Waals surface area contributed by atoms with Gasteiger partial charge >= 0.3 is 12.0 Å². The van der Waals surface area contributed by atoms with Crippen molar-refractivity contribution in [1.29, 1.82) is 0 Å². The van der Waals surface area contributed by atoms with Crippen LogP contribution in [-0.4, -0.2) is 27.7 Å². The number of hydrogen-bond acceptors (Lipinski definition) is 7. The third-order valence-electron chi connectivity index (χ3n) is 2.99. The van der Waals surface area contributed by atoms with Gasteiger partial charge in [0.05, 0.1) is 12.7 Å². The Morgan fingerprint density at radius 2 is 1.89 bits per heavy atom. The number of nitrogens with zero attached hydrogens (tertiary/aromatic N) is 3. The van der Waals surface area contributed by atoms with Gasteiger partial charge in [0, 0.05) is 0 Å². The molecule has 1 aromatic rings. The average Bonchev–Trinajstić information content (AvgIpc) is 2.88. The topological polar surface area (TPSA) is 95.2 Å². The van der Waals surface area contributed by atoms with E-state index in [1.807, 2.05) is 13.8 Å². The van der Waals surface area contributed by atoms with Gasteiger partial charge in [0.15, 0.2) is 0 Å². The van der Waals surface area contributed by atoms with E-state index in [9.17, 15) is 0 Å². The molecule has 0 aromatic carbocycles. The van der Waals surface area contributed by atoms with Gasteiger partial charge in [-0.15, -0.1) is 4.98 Å². The molecule has 2 rings (SSSR count). The normalized spacial score (nSPS) is 15.8. The summed E-state index contributed by atoms with van der Waals surface area (Å²) in [7, 11) is 0. The third kappa shape index (κ3) is 4.20. The van der Waals surface area contributed by atoms with E-state index in [1.54, 1.807) is 0 Å². The average molecular weight is 267 g/mol. The lowest BCUT2D eigenvalue weighted by Crippen LogP contribution is -2.16. The van der Waals surface area contributed by atoms with Gasteiger partial charge < -0.3 is 9.47 Å². The molecule has 0 unspecified atom stereocenters. The van der Waals surface area contributed by atoms with Gasteiger partial charge in [-0.3, -0.25) is 5.43 Å². The van der Waals surface area contributed by atoms with Gasteiger partial charge in [-0.2, -0.15) is 9.97 Å². The number of ether oxygens (including phenoxy) is 2. The molecule has 0 radical (unpaired) electrons. The summed E-state index contributed by atoms with van der Waals surface area (Å²) in [4.78, 5) is 12.2. The van der Waals surface area contributed by atoms with E-state index in [1.165, 1.54) is 25.7 Å². The first-order chi connectivity index (χ1) is 9.17. The predicted molar refractivity (Wildman–Crippen MR) is 70.9 cm³/mol. The molecule has 1 heterocycles. The number of aromatic nitrogens is 3. The summed E-state index contributed by atoms with van der Waals surface area (Å²) in [6.07, 6.45) is 4.96. The van der Waals surface area contributed by atoms with Gasteiger partial charge in [-0.1, -0.05) is 12.8 Å². The van der Waals surface area contributed by atoms with E-state index in [2.05, 4.69) is 20.4 Å². The molecule has 0 aliphatic heterocycles. The van der Waals surface area contributed by atoms with Gasteiger partial charge in [0.1, 0.15) is 0 Å². The van der Waals surface area contributed by atoms with Crippen molar-refractivity contribution in [2.75, 3.05) is 12.0 Å². The number of nitrogen functional groups attached to an aromatic ring is 1. The number of nitrogens with two attached hydrogens (primary N) is 1. The maximum Gasteiger partial charge on any atom is 0.324 e. The van der Waals surface area contributed by atoms with E-state index in [4.69, 9.17) is 15.3 Å². The fourth-order valence-electron chi connectivity index (χ4n) is 2.10. The van der Waals surface area contributed by atoms with Crippen LogP contribution in [0.1, 0.15) is 39.5 Å². The fourth-order valence-corrected chi connectivity index (χ4v) is 2.10. The maximum absolute atomic E-state index is 5.62. The van der Waals surface area contributed by atoms with Crippen LogP contribution < -0.4 is 20.7 Å². The molecule has 0 spiro atoms. The zero-order chi connectivity index (χ0) is 13.7. The Labute approximate surface area is 112 Å². The van der Waals surface area contributed by atoms with Crippen molar-refractivity contribution in [2.45, 2.75) is 45.6 Å². The van der Waals surface area contributed by atoms with E-state index in [0.717, 1.165) is 0 Å². The standard InChI is InChI=1S/C12H21N5O2/c1-8(2)19-12-15-10(17-13)14-11(16-12)18-7-9-5-3-4-6-9/h8-9H,3-7,13H2,1-2H3,(H,14,15,16,17). The highest BCUT2D eigenvalue weighted by Gasteiger charge is 2.17. The highest BCUT2D eigenvalue weighted by Crippen LogP contribution is 2.25. The molecule has 3 N–H and O–H groups in total. The quantitative estimate of drug-likeness (QED) is 0.595. The minimum absolute atomic E-state index is 0.0179. The van der Waals surface area contributed by atoms with Crippen LogP contribution in [-0.2, 0) is 0 Å². The highest BCUT2D eigenvalue weighted by atomic mass is 16.5. The van der Waals surface area contributed by atoms with Crippen molar-refractivity contribution in [3.8, 4) is 12.0 Å². The highest BCUT2D eigenvalue weighted by molar-refractivity contribution is 5.25. The Kier molecular flexibility index (Phi) is 4.73. The molecule has 1 aromatic heterocycles. The molecule has 1 fully saturated rings. The predicted octanol–water partition coefficient (Wildman–Crippen LogP) is 1.51. The van der Waals surface area contributed by atoms with Gasteiger partial charge in [-0.25, -0.2) is 5.84 Å². The molecule has 7 nitrogen and oxygen atoms in total. The van der Waals surface area contributed by atoms with Crippen molar-refractivity contribution in [1.82, 2.24) is 15.0 Å². The first-order valence-electron chi connectivity index (χ1n) is 6.69. The Bertz CT molecular complexity index is 407. The SMILES string of the molecule is CC(C)Oc1nc(NN)nc(OCC2CCCC2)n1. The molecule has 0 bridgehead atoms. The van der Waals surface area contributed by atoms with Gasteiger partial charge in [-0.05, 0) is 32.6 Å². The molecule has 106 valence electrons. The minimum atomic E-state index is -0.0179. The Hall–Kier alpha value is -1.63. The van der Waals surface area contributed by atoms with Crippen LogP contribution in [0.3, 0.4) is 0 Å². The largest absolute Gasteiger partial charge is 0.463 e. The third-order valence-corrected chi connectivity index (χ3v) is 2.99. The van der Waals surface area contributed by atoms with Crippen molar-refractivity contribution in [2.24, 2.45) is 11.8 Å². The molecule has 1 aliphatic rings. The van der Waals surface area contributed by atoms with E-state index >= 15 is 0 Å². The summed E-state index contributed by atoms with van der Waals surface area (Å²) in [6, 6.07) is 0.477. The van der Waals surface area contributed by atoms with Crippen LogP contribution in [0, 0.1) is 5.92 Å². The summed E-state index contributed by atoms with van der Waals surface area (Å²) in [6.45, 7) is 4.44. The van der Waals surface area contributed by atoms with Crippen molar-refractivity contribution >= 4 is 5.95 Å². The molecule has 0 amide bonds. The van der Waals surface area contributed by atoms with Crippen LogP contribution in [0.15, 0.2) is 0 Å². The number of rotatable bonds is 6. The molecule has 19 heavy (non-hydrogen) atoms. The monoisotopic (exact) mass is 267 g/mol. The Morgan fingerprint density at radius 3 is 2.53 bits per heavy atom. The molecule has 0 saturated heterocycles. The summed E-state index contributed by atoms with van der Waals surface area (Å²) >= 11 is 0. The number of hydrogen-bond donors (Lipinski definition) is 2. The second-order valence-corrected chi connectivity index (χ2v) is 5.00. The molecular formula is C12H21N5O2. The summed E-state index contributed by atoms with van der Waals surface area (Å²) in [5.74, 6) is 6.16. The van der Waals surface area contributed by atoms with Crippen molar-refractivity contribution in [3.05, 3.63) is 0 Å². The van der Waals surface area contributed by atoms with Crippen molar-refractivity contribution < 1.29 is 9.47 Å². The van der Waals surface area contributed by atoms with E-state index < -0.39 is 0 Å². The van der Waals surface area contributed by atoms with Crippen LogP contribution >= 0.6 is 0 Å². The first kappa shape index (κ1) is 13.8. The molecular weight excluding hydrogens is 246 g/mol. The molecule has 1 aliphatic carbocycles. The zero-order valence-corrected chi connectivity index (χ0v) is 11.4. The number of nitrogens with one attached hydrogen (secondary N) is 1. The van der Waals surface area contributed by atoms with Gasteiger partial charge in [0.2, 0.25) is 5.95 Å². The van der Waals surface area contributed by atoms with Crippen LogP contribution in [0.4, 0.5) is 5.95 Å². The Balaban J connectivity index is 2.00. The molecule has 1 saturated carbocycles.